The molecule has 0 N–H and O–H groups in total. The van der Waals surface area contributed by atoms with E-state index in [1.54, 1.807) is 0 Å². The zero-order valence-corrected chi connectivity index (χ0v) is 10.1. The van der Waals surface area contributed by atoms with Crippen LogP contribution in [-0.4, -0.2) is 24.3 Å². The van der Waals surface area contributed by atoms with E-state index in [1.807, 2.05) is 6.92 Å². The average molecular weight is 212 g/mol. The standard InChI is InChI=1S/C12H20O3/c1-10(2)5-7-12(8-6-10)11(3,15-12)9(13)14-4/h5-8H2,1-4H3. The minimum absolute atomic E-state index is 0.213. The van der Waals surface area contributed by atoms with Gasteiger partial charge in [0, 0.05) is 0 Å². The van der Waals surface area contributed by atoms with E-state index in [9.17, 15) is 4.79 Å². The smallest absolute Gasteiger partial charge is 0.340 e. The molecule has 0 bridgehead atoms. The molecule has 86 valence electrons. The third kappa shape index (κ3) is 1.48. The summed E-state index contributed by atoms with van der Waals surface area (Å²) in [5.74, 6) is -0.220. The molecule has 15 heavy (non-hydrogen) atoms. The van der Waals surface area contributed by atoms with E-state index in [0.717, 1.165) is 25.7 Å². The lowest BCUT2D eigenvalue weighted by Gasteiger charge is -2.33. The van der Waals surface area contributed by atoms with Gasteiger partial charge in [-0.05, 0) is 38.0 Å². The van der Waals surface area contributed by atoms with Gasteiger partial charge in [0.05, 0.1) is 7.11 Å². The second kappa shape index (κ2) is 2.97. The second-order valence-corrected chi connectivity index (χ2v) is 5.79. The number of esters is 1. The van der Waals surface area contributed by atoms with Gasteiger partial charge < -0.3 is 9.47 Å². The molecule has 1 aliphatic heterocycles. The highest BCUT2D eigenvalue weighted by atomic mass is 16.7. The maximum absolute atomic E-state index is 11.6. The average Bonchev–Trinajstić information content (AvgIpc) is 2.78. The van der Waals surface area contributed by atoms with Gasteiger partial charge in [0.25, 0.3) is 0 Å². The zero-order chi connectivity index (χ0) is 11.3. The number of rotatable bonds is 1. The molecule has 1 spiro atoms. The normalized spacial score (nSPS) is 36.3. The van der Waals surface area contributed by atoms with Crippen LogP contribution in [0, 0.1) is 5.41 Å². The van der Waals surface area contributed by atoms with Crippen molar-refractivity contribution in [3.63, 3.8) is 0 Å². The number of epoxide rings is 1. The van der Waals surface area contributed by atoms with Gasteiger partial charge in [0.1, 0.15) is 5.60 Å². The van der Waals surface area contributed by atoms with Gasteiger partial charge in [-0.2, -0.15) is 0 Å². The third-order valence-corrected chi connectivity index (χ3v) is 4.21. The summed E-state index contributed by atoms with van der Waals surface area (Å²) in [6, 6.07) is 0. The summed E-state index contributed by atoms with van der Waals surface area (Å²) < 4.78 is 10.5. The van der Waals surface area contributed by atoms with Crippen LogP contribution < -0.4 is 0 Å². The van der Waals surface area contributed by atoms with E-state index in [-0.39, 0.29) is 11.6 Å². The third-order valence-electron chi connectivity index (χ3n) is 4.21. The SMILES string of the molecule is COC(=O)C1(C)OC12CCC(C)(C)CC2. The van der Waals surface area contributed by atoms with Crippen LogP contribution >= 0.6 is 0 Å². The number of hydrogen-bond donors (Lipinski definition) is 0. The number of carbonyl (C=O) groups is 1. The summed E-state index contributed by atoms with van der Waals surface area (Å²) in [4.78, 5) is 11.6. The summed E-state index contributed by atoms with van der Waals surface area (Å²) in [5.41, 5.74) is -0.484. The molecule has 1 aliphatic carbocycles. The first kappa shape index (κ1) is 10.9. The maximum atomic E-state index is 11.6. The van der Waals surface area contributed by atoms with Gasteiger partial charge in [-0.25, -0.2) is 4.79 Å². The molecule has 2 fully saturated rings. The van der Waals surface area contributed by atoms with E-state index in [0.29, 0.717) is 5.41 Å². The predicted molar refractivity (Wildman–Crippen MR) is 56.5 cm³/mol. The molecule has 0 aromatic heterocycles. The largest absolute Gasteiger partial charge is 0.467 e. The van der Waals surface area contributed by atoms with Gasteiger partial charge in [0.15, 0.2) is 5.60 Å². The molecule has 0 aromatic carbocycles. The van der Waals surface area contributed by atoms with E-state index in [2.05, 4.69) is 13.8 Å². The van der Waals surface area contributed by atoms with Gasteiger partial charge in [-0.1, -0.05) is 13.8 Å². The van der Waals surface area contributed by atoms with Crippen LogP contribution in [0.2, 0.25) is 0 Å². The van der Waals surface area contributed by atoms with Crippen molar-refractivity contribution >= 4 is 5.97 Å². The van der Waals surface area contributed by atoms with Crippen molar-refractivity contribution in [1.82, 2.24) is 0 Å². The number of ether oxygens (including phenoxy) is 2. The van der Waals surface area contributed by atoms with Crippen molar-refractivity contribution in [3.8, 4) is 0 Å². The number of hydrogen-bond acceptors (Lipinski definition) is 3. The Labute approximate surface area is 91.1 Å². The zero-order valence-electron chi connectivity index (χ0n) is 10.1. The molecule has 1 atom stereocenters. The monoisotopic (exact) mass is 212 g/mol. The van der Waals surface area contributed by atoms with Crippen LogP contribution in [0.25, 0.3) is 0 Å². The van der Waals surface area contributed by atoms with E-state index in [4.69, 9.17) is 9.47 Å². The van der Waals surface area contributed by atoms with Crippen LogP contribution in [0.4, 0.5) is 0 Å². The molecule has 0 aromatic rings. The Morgan fingerprint density at radius 3 is 2.13 bits per heavy atom. The quantitative estimate of drug-likeness (QED) is 0.494. The highest BCUT2D eigenvalue weighted by Crippen LogP contribution is 2.59. The van der Waals surface area contributed by atoms with Gasteiger partial charge in [-0.15, -0.1) is 0 Å². The summed E-state index contributed by atoms with van der Waals surface area (Å²) in [5, 5.41) is 0. The predicted octanol–water partition coefficient (Wildman–Crippen LogP) is 2.29. The maximum Gasteiger partial charge on any atom is 0.340 e. The first-order chi connectivity index (χ1) is 6.85. The highest BCUT2D eigenvalue weighted by Gasteiger charge is 2.72. The van der Waals surface area contributed by atoms with Gasteiger partial charge in [-0.3, -0.25) is 0 Å². The lowest BCUT2D eigenvalue weighted by atomic mass is 9.69. The summed E-state index contributed by atoms with van der Waals surface area (Å²) in [7, 11) is 1.43. The molecule has 2 rings (SSSR count). The van der Waals surface area contributed by atoms with Crippen LogP contribution in [0.3, 0.4) is 0 Å². The van der Waals surface area contributed by atoms with Crippen LogP contribution in [0.5, 0.6) is 0 Å². The molecule has 0 radical (unpaired) electrons. The van der Waals surface area contributed by atoms with Gasteiger partial charge in [0.2, 0.25) is 0 Å². The fraction of sp³-hybridized carbons (Fsp3) is 0.917. The highest BCUT2D eigenvalue weighted by molar-refractivity contribution is 5.84. The van der Waals surface area contributed by atoms with Crippen molar-refractivity contribution in [1.29, 1.82) is 0 Å². The first-order valence-electron chi connectivity index (χ1n) is 5.64. The molecule has 1 saturated carbocycles. The number of methoxy groups -OCH3 is 1. The van der Waals surface area contributed by atoms with Crippen molar-refractivity contribution in [2.75, 3.05) is 7.11 Å². The van der Waals surface area contributed by atoms with Crippen molar-refractivity contribution in [2.45, 2.75) is 57.7 Å². The van der Waals surface area contributed by atoms with Crippen LogP contribution in [-0.2, 0) is 14.3 Å². The molecule has 1 saturated heterocycles. The van der Waals surface area contributed by atoms with E-state index < -0.39 is 5.60 Å². The minimum atomic E-state index is -0.668. The van der Waals surface area contributed by atoms with Crippen LogP contribution in [0.1, 0.15) is 46.5 Å². The summed E-state index contributed by atoms with van der Waals surface area (Å²) in [6.45, 7) is 6.41. The molecule has 3 nitrogen and oxygen atoms in total. The summed E-state index contributed by atoms with van der Waals surface area (Å²) >= 11 is 0. The van der Waals surface area contributed by atoms with Crippen molar-refractivity contribution in [2.24, 2.45) is 5.41 Å². The molecule has 1 heterocycles. The Morgan fingerprint density at radius 2 is 1.67 bits per heavy atom. The minimum Gasteiger partial charge on any atom is -0.467 e. The molecular formula is C12H20O3. The molecular weight excluding hydrogens is 192 g/mol. The summed E-state index contributed by atoms with van der Waals surface area (Å²) in [6.07, 6.45) is 4.20. The topological polar surface area (TPSA) is 38.8 Å². The Kier molecular flexibility index (Phi) is 2.16. The molecule has 2 aliphatic rings. The second-order valence-electron chi connectivity index (χ2n) is 5.79. The fourth-order valence-electron chi connectivity index (χ4n) is 2.70. The van der Waals surface area contributed by atoms with Crippen LogP contribution in [0.15, 0.2) is 0 Å². The van der Waals surface area contributed by atoms with E-state index in [1.165, 1.54) is 7.11 Å². The number of carbonyl (C=O) groups excluding carboxylic acids is 1. The van der Waals surface area contributed by atoms with Crippen molar-refractivity contribution in [3.05, 3.63) is 0 Å². The Balaban J connectivity index is 2.06. The molecule has 0 amide bonds. The Hall–Kier alpha value is -0.570. The molecule has 3 heteroatoms. The van der Waals surface area contributed by atoms with Gasteiger partial charge >= 0.3 is 5.97 Å². The fourth-order valence-corrected chi connectivity index (χ4v) is 2.70. The lowest BCUT2D eigenvalue weighted by Crippen LogP contribution is -2.37. The molecule has 1 unspecified atom stereocenters. The lowest BCUT2D eigenvalue weighted by molar-refractivity contribution is -0.146. The van der Waals surface area contributed by atoms with E-state index >= 15 is 0 Å². The Bertz CT molecular complexity index is 285. The van der Waals surface area contributed by atoms with Crippen molar-refractivity contribution < 1.29 is 14.3 Å². The first-order valence-corrected chi connectivity index (χ1v) is 5.64. The Morgan fingerprint density at radius 1 is 1.13 bits per heavy atom.